The van der Waals surface area contributed by atoms with Crippen LogP contribution in [-0.4, -0.2) is 29.0 Å². The molecular weight excluding hydrogens is 233 g/mol. The highest BCUT2D eigenvalue weighted by molar-refractivity contribution is 5.98. The van der Waals surface area contributed by atoms with Crippen molar-refractivity contribution in [2.45, 2.75) is 25.9 Å². The molecule has 2 N–H and O–H groups in total. The lowest BCUT2D eigenvalue weighted by Crippen LogP contribution is -2.40. The summed E-state index contributed by atoms with van der Waals surface area (Å²) in [5.74, 6) is -0.470. The van der Waals surface area contributed by atoms with Gasteiger partial charge in [-0.25, -0.2) is 9.40 Å². The molecule has 1 saturated heterocycles. The van der Waals surface area contributed by atoms with E-state index in [-0.39, 0.29) is 18.3 Å². The highest BCUT2D eigenvalue weighted by Gasteiger charge is 2.33. The SMILES string of the molecule is NCc1cc2c(cc1F)C(=O)N(N1CCCC1)C2. The zero-order valence-electron chi connectivity index (χ0n) is 10.2. The molecule has 0 unspecified atom stereocenters. The average molecular weight is 249 g/mol. The molecule has 0 radical (unpaired) electrons. The van der Waals surface area contributed by atoms with Gasteiger partial charge in [-0.2, -0.15) is 0 Å². The van der Waals surface area contributed by atoms with E-state index >= 15 is 0 Å². The number of hydrazine groups is 1. The number of hydrogen-bond acceptors (Lipinski definition) is 3. The van der Waals surface area contributed by atoms with Crippen LogP contribution in [0, 0.1) is 5.82 Å². The highest BCUT2D eigenvalue weighted by Crippen LogP contribution is 2.28. The second kappa shape index (κ2) is 4.33. The molecular formula is C13H16FN3O. The molecule has 3 rings (SSSR count). The Bertz CT molecular complexity index is 497. The van der Waals surface area contributed by atoms with Crippen LogP contribution in [-0.2, 0) is 13.1 Å². The Labute approximate surface area is 105 Å². The minimum Gasteiger partial charge on any atom is -0.326 e. The van der Waals surface area contributed by atoms with E-state index in [4.69, 9.17) is 5.73 Å². The van der Waals surface area contributed by atoms with E-state index in [1.165, 1.54) is 6.07 Å². The van der Waals surface area contributed by atoms with Crippen molar-refractivity contribution < 1.29 is 9.18 Å². The van der Waals surface area contributed by atoms with Crippen LogP contribution < -0.4 is 5.73 Å². The molecule has 1 amide bonds. The fourth-order valence-corrected chi connectivity index (χ4v) is 2.70. The fraction of sp³-hybridized carbons (Fsp3) is 0.462. The highest BCUT2D eigenvalue weighted by atomic mass is 19.1. The van der Waals surface area contributed by atoms with Crippen LogP contribution in [0.4, 0.5) is 4.39 Å². The zero-order valence-corrected chi connectivity index (χ0v) is 10.2. The number of rotatable bonds is 2. The lowest BCUT2D eigenvalue weighted by molar-refractivity contribution is 0.00589. The molecule has 0 aromatic heterocycles. The topological polar surface area (TPSA) is 49.6 Å². The molecule has 1 aromatic carbocycles. The van der Waals surface area contributed by atoms with Gasteiger partial charge >= 0.3 is 0 Å². The van der Waals surface area contributed by atoms with E-state index in [0.717, 1.165) is 31.5 Å². The number of nitrogens with zero attached hydrogens (tertiary/aromatic N) is 2. The number of halogens is 1. The number of benzene rings is 1. The first-order valence-corrected chi connectivity index (χ1v) is 6.29. The van der Waals surface area contributed by atoms with Crippen molar-refractivity contribution in [3.05, 3.63) is 34.6 Å². The number of hydrogen-bond donors (Lipinski definition) is 1. The van der Waals surface area contributed by atoms with Gasteiger partial charge in [0.15, 0.2) is 0 Å². The van der Waals surface area contributed by atoms with E-state index < -0.39 is 0 Å². The van der Waals surface area contributed by atoms with Crippen molar-refractivity contribution in [2.24, 2.45) is 5.73 Å². The quantitative estimate of drug-likeness (QED) is 0.858. The summed E-state index contributed by atoms with van der Waals surface area (Å²) in [6.07, 6.45) is 2.23. The summed E-state index contributed by atoms with van der Waals surface area (Å²) >= 11 is 0. The molecule has 1 aromatic rings. The first kappa shape index (κ1) is 11.6. The third-order valence-corrected chi connectivity index (χ3v) is 3.70. The van der Waals surface area contributed by atoms with Crippen molar-refractivity contribution >= 4 is 5.91 Å². The Morgan fingerprint density at radius 2 is 2.00 bits per heavy atom. The standard InChI is InChI=1S/C13H16FN3O/c14-12-6-11-10(5-9(12)7-15)8-17(13(11)18)16-3-1-2-4-16/h5-6H,1-4,7-8,15H2. The maximum absolute atomic E-state index is 13.7. The minimum atomic E-state index is -0.382. The van der Waals surface area contributed by atoms with E-state index in [0.29, 0.717) is 17.7 Å². The van der Waals surface area contributed by atoms with E-state index in [9.17, 15) is 9.18 Å². The summed E-state index contributed by atoms with van der Waals surface area (Å²) in [6.45, 7) is 2.52. The molecule has 4 nitrogen and oxygen atoms in total. The molecule has 0 aliphatic carbocycles. The molecule has 96 valence electrons. The molecule has 5 heteroatoms. The number of carbonyl (C=O) groups is 1. The van der Waals surface area contributed by atoms with Crippen molar-refractivity contribution in [3.8, 4) is 0 Å². The lowest BCUT2D eigenvalue weighted by atomic mass is 10.1. The molecule has 1 fully saturated rings. The third kappa shape index (κ3) is 1.71. The Kier molecular flexibility index (Phi) is 2.80. The molecule has 2 aliphatic heterocycles. The summed E-state index contributed by atoms with van der Waals surface area (Å²) in [7, 11) is 0. The summed E-state index contributed by atoms with van der Waals surface area (Å²) in [5.41, 5.74) is 7.33. The van der Waals surface area contributed by atoms with E-state index in [1.807, 2.05) is 0 Å². The fourth-order valence-electron chi connectivity index (χ4n) is 2.70. The average Bonchev–Trinajstić information content (AvgIpc) is 2.98. The monoisotopic (exact) mass is 249 g/mol. The van der Waals surface area contributed by atoms with Gasteiger partial charge in [0.1, 0.15) is 5.82 Å². The maximum atomic E-state index is 13.7. The molecule has 0 bridgehead atoms. The van der Waals surface area contributed by atoms with Crippen LogP contribution in [0.15, 0.2) is 12.1 Å². The van der Waals surface area contributed by atoms with Crippen molar-refractivity contribution in [2.75, 3.05) is 13.1 Å². The van der Waals surface area contributed by atoms with E-state index in [1.54, 1.807) is 11.1 Å². The Hall–Kier alpha value is -1.46. The third-order valence-electron chi connectivity index (χ3n) is 3.70. The second-order valence-electron chi connectivity index (χ2n) is 4.83. The smallest absolute Gasteiger partial charge is 0.268 e. The number of amides is 1. The van der Waals surface area contributed by atoms with Crippen molar-refractivity contribution in [3.63, 3.8) is 0 Å². The number of carbonyl (C=O) groups excluding carboxylic acids is 1. The first-order chi connectivity index (χ1) is 8.70. The summed E-state index contributed by atoms with van der Waals surface area (Å²) < 4.78 is 13.7. The van der Waals surface area contributed by atoms with Crippen LogP contribution in [0.1, 0.15) is 34.3 Å². The van der Waals surface area contributed by atoms with E-state index in [2.05, 4.69) is 5.01 Å². The summed E-state index contributed by atoms with van der Waals surface area (Å²) in [6, 6.07) is 3.05. The van der Waals surface area contributed by atoms with Gasteiger partial charge in [0.25, 0.3) is 5.91 Å². The van der Waals surface area contributed by atoms with Gasteiger partial charge in [-0.05, 0) is 30.5 Å². The molecule has 0 saturated carbocycles. The molecule has 2 aliphatic rings. The predicted molar refractivity (Wildman–Crippen MR) is 65.0 cm³/mol. The zero-order chi connectivity index (χ0) is 12.7. The first-order valence-electron chi connectivity index (χ1n) is 6.29. The molecule has 18 heavy (non-hydrogen) atoms. The van der Waals surface area contributed by atoms with Gasteiger partial charge in [0.05, 0.1) is 6.54 Å². The van der Waals surface area contributed by atoms with Crippen molar-refractivity contribution in [1.29, 1.82) is 0 Å². The maximum Gasteiger partial charge on any atom is 0.268 e. The van der Waals surface area contributed by atoms with Gasteiger partial charge < -0.3 is 5.73 Å². The normalized spacial score (nSPS) is 19.7. The molecule has 0 atom stereocenters. The number of fused-ring (bicyclic) bond motifs is 1. The molecule has 0 spiro atoms. The lowest BCUT2D eigenvalue weighted by Gasteiger charge is -2.26. The number of nitrogens with two attached hydrogens (primary N) is 1. The van der Waals surface area contributed by atoms with Gasteiger partial charge in [0, 0.05) is 30.8 Å². The van der Waals surface area contributed by atoms with Crippen LogP contribution in [0.3, 0.4) is 0 Å². The van der Waals surface area contributed by atoms with Crippen LogP contribution in [0.25, 0.3) is 0 Å². The minimum absolute atomic E-state index is 0.0885. The van der Waals surface area contributed by atoms with Crippen LogP contribution in [0.5, 0.6) is 0 Å². The predicted octanol–water partition coefficient (Wildman–Crippen LogP) is 1.25. The largest absolute Gasteiger partial charge is 0.326 e. The van der Waals surface area contributed by atoms with Gasteiger partial charge in [-0.3, -0.25) is 9.80 Å². The summed E-state index contributed by atoms with van der Waals surface area (Å²) in [5, 5.41) is 3.79. The summed E-state index contributed by atoms with van der Waals surface area (Å²) in [4.78, 5) is 12.2. The Morgan fingerprint density at radius 3 is 2.67 bits per heavy atom. The van der Waals surface area contributed by atoms with Gasteiger partial charge in [-0.15, -0.1) is 0 Å². The Balaban J connectivity index is 1.93. The van der Waals surface area contributed by atoms with Gasteiger partial charge in [-0.1, -0.05) is 0 Å². The Morgan fingerprint density at radius 1 is 1.28 bits per heavy atom. The van der Waals surface area contributed by atoms with Gasteiger partial charge in [0.2, 0.25) is 0 Å². The van der Waals surface area contributed by atoms with Crippen LogP contribution >= 0.6 is 0 Å². The van der Waals surface area contributed by atoms with Crippen LogP contribution in [0.2, 0.25) is 0 Å². The van der Waals surface area contributed by atoms with Crippen molar-refractivity contribution in [1.82, 2.24) is 10.0 Å². The molecule has 2 heterocycles. The second-order valence-corrected chi connectivity index (χ2v) is 4.83.